The topological polar surface area (TPSA) is 12.0 Å². The van der Waals surface area contributed by atoms with Crippen molar-refractivity contribution in [3.63, 3.8) is 0 Å². The number of benzene rings is 2. The summed E-state index contributed by atoms with van der Waals surface area (Å²) in [5, 5.41) is 3.44. The lowest BCUT2D eigenvalue weighted by molar-refractivity contribution is 0.550. The summed E-state index contributed by atoms with van der Waals surface area (Å²) in [4.78, 5) is 1.74. The van der Waals surface area contributed by atoms with Crippen LogP contribution in [0.1, 0.15) is 19.4 Å². The van der Waals surface area contributed by atoms with Gasteiger partial charge in [-0.1, -0.05) is 53.7 Å². The van der Waals surface area contributed by atoms with Crippen molar-refractivity contribution < 1.29 is 4.39 Å². The molecule has 0 aromatic heterocycles. The molecule has 0 aliphatic carbocycles. The van der Waals surface area contributed by atoms with Crippen LogP contribution < -0.4 is 5.32 Å². The van der Waals surface area contributed by atoms with Crippen LogP contribution in [0.3, 0.4) is 0 Å². The van der Waals surface area contributed by atoms with Crippen molar-refractivity contribution in [1.82, 2.24) is 5.32 Å². The molecule has 0 aliphatic rings. The molecule has 0 amide bonds. The fourth-order valence-electron chi connectivity index (χ4n) is 1.93. The van der Waals surface area contributed by atoms with Gasteiger partial charge in [0, 0.05) is 20.8 Å². The first-order valence-electron chi connectivity index (χ1n) is 6.98. The number of halogens is 2. The molecule has 0 bridgehead atoms. The van der Waals surface area contributed by atoms with Crippen molar-refractivity contribution in [3.8, 4) is 0 Å². The molecular weight excluding hydrogens is 349 g/mol. The van der Waals surface area contributed by atoms with E-state index in [2.05, 4.69) is 41.2 Å². The molecule has 0 aliphatic heterocycles. The van der Waals surface area contributed by atoms with Crippen molar-refractivity contribution in [2.24, 2.45) is 5.92 Å². The minimum absolute atomic E-state index is 0.175. The molecule has 2 aromatic rings. The van der Waals surface area contributed by atoms with E-state index >= 15 is 0 Å². The van der Waals surface area contributed by atoms with Gasteiger partial charge >= 0.3 is 0 Å². The lowest BCUT2D eigenvalue weighted by Crippen LogP contribution is -2.19. The van der Waals surface area contributed by atoms with Crippen molar-refractivity contribution in [3.05, 3.63) is 58.3 Å². The maximum atomic E-state index is 13.8. The molecule has 0 heterocycles. The highest BCUT2D eigenvalue weighted by Gasteiger charge is 2.08. The first-order valence-corrected chi connectivity index (χ1v) is 8.58. The van der Waals surface area contributed by atoms with E-state index in [0.29, 0.717) is 10.8 Å². The number of nitrogens with one attached hydrogen (secondary N) is 1. The second-order valence-electron chi connectivity index (χ2n) is 5.31. The van der Waals surface area contributed by atoms with Crippen LogP contribution in [0.5, 0.6) is 0 Å². The molecule has 112 valence electrons. The van der Waals surface area contributed by atoms with Crippen molar-refractivity contribution >= 4 is 27.7 Å². The zero-order valence-electron chi connectivity index (χ0n) is 12.2. The molecule has 4 heteroatoms. The first-order chi connectivity index (χ1) is 10.1. The van der Waals surface area contributed by atoms with E-state index in [9.17, 15) is 4.39 Å². The molecule has 0 atom stereocenters. The zero-order valence-corrected chi connectivity index (χ0v) is 14.6. The second-order valence-corrected chi connectivity index (χ2v) is 7.31. The van der Waals surface area contributed by atoms with Gasteiger partial charge in [0.25, 0.3) is 0 Å². The summed E-state index contributed by atoms with van der Waals surface area (Å²) in [6.07, 6.45) is 0. The minimum Gasteiger partial charge on any atom is -0.312 e. The third-order valence-corrected chi connectivity index (χ3v) is 4.61. The Morgan fingerprint density at radius 1 is 1.14 bits per heavy atom. The van der Waals surface area contributed by atoms with Crippen LogP contribution >= 0.6 is 27.7 Å². The van der Waals surface area contributed by atoms with E-state index in [4.69, 9.17) is 0 Å². The maximum Gasteiger partial charge on any atom is 0.137 e. The third kappa shape index (κ3) is 5.13. The Morgan fingerprint density at radius 3 is 2.62 bits per heavy atom. The zero-order chi connectivity index (χ0) is 15.2. The van der Waals surface area contributed by atoms with Crippen LogP contribution in [0.15, 0.2) is 56.7 Å². The number of hydrogen-bond donors (Lipinski definition) is 1. The average molecular weight is 368 g/mol. The molecule has 0 unspecified atom stereocenters. The van der Waals surface area contributed by atoms with Crippen LogP contribution in [-0.2, 0) is 6.54 Å². The molecule has 0 saturated carbocycles. The molecule has 0 saturated heterocycles. The Hall–Kier alpha value is -0.840. The first kappa shape index (κ1) is 16.5. The average Bonchev–Trinajstić information content (AvgIpc) is 2.43. The van der Waals surface area contributed by atoms with Crippen LogP contribution in [0.25, 0.3) is 0 Å². The normalized spacial score (nSPS) is 11.1. The second kappa shape index (κ2) is 7.97. The monoisotopic (exact) mass is 367 g/mol. The van der Waals surface area contributed by atoms with E-state index in [0.717, 1.165) is 22.5 Å². The molecule has 0 radical (unpaired) electrons. The van der Waals surface area contributed by atoms with E-state index in [1.165, 1.54) is 23.4 Å². The summed E-state index contributed by atoms with van der Waals surface area (Å²) in [5.41, 5.74) is 1.18. The van der Waals surface area contributed by atoms with E-state index in [1.54, 1.807) is 6.07 Å². The van der Waals surface area contributed by atoms with Crippen LogP contribution in [-0.4, -0.2) is 6.54 Å². The fraction of sp³-hybridized carbons (Fsp3) is 0.294. The predicted octanol–water partition coefficient (Wildman–Crippen LogP) is 5.49. The van der Waals surface area contributed by atoms with Crippen LogP contribution in [0, 0.1) is 11.7 Å². The van der Waals surface area contributed by atoms with Crippen LogP contribution in [0.2, 0.25) is 0 Å². The SMILES string of the molecule is CC(C)CNCc1cc(Br)ccc1Sc1ccccc1F. The molecular formula is C17H19BrFNS. The minimum atomic E-state index is -0.175. The number of hydrogen-bond acceptors (Lipinski definition) is 2. The Kier molecular flexibility index (Phi) is 6.27. The van der Waals surface area contributed by atoms with Crippen molar-refractivity contribution in [2.75, 3.05) is 6.54 Å². The molecule has 2 aromatic carbocycles. The fourth-order valence-corrected chi connectivity index (χ4v) is 3.28. The Balaban J connectivity index is 2.16. The summed E-state index contributed by atoms with van der Waals surface area (Å²) in [6.45, 7) is 6.12. The number of rotatable bonds is 6. The Bertz CT molecular complexity index is 601. The Morgan fingerprint density at radius 2 is 1.90 bits per heavy atom. The van der Waals surface area contributed by atoms with Gasteiger partial charge < -0.3 is 5.32 Å². The van der Waals surface area contributed by atoms with Crippen molar-refractivity contribution in [2.45, 2.75) is 30.2 Å². The van der Waals surface area contributed by atoms with Gasteiger partial charge in [-0.25, -0.2) is 4.39 Å². The van der Waals surface area contributed by atoms with Gasteiger partial charge in [-0.15, -0.1) is 0 Å². The molecule has 0 spiro atoms. The lowest BCUT2D eigenvalue weighted by atomic mass is 10.2. The molecule has 0 fully saturated rings. The molecule has 1 nitrogen and oxygen atoms in total. The molecule has 1 N–H and O–H groups in total. The van der Waals surface area contributed by atoms with Gasteiger partial charge in [-0.2, -0.15) is 0 Å². The third-order valence-electron chi connectivity index (χ3n) is 2.95. The highest BCUT2D eigenvalue weighted by atomic mass is 79.9. The highest BCUT2D eigenvalue weighted by Crippen LogP contribution is 2.33. The summed E-state index contributed by atoms with van der Waals surface area (Å²) >= 11 is 4.98. The van der Waals surface area contributed by atoms with Crippen LogP contribution in [0.4, 0.5) is 4.39 Å². The van der Waals surface area contributed by atoms with E-state index < -0.39 is 0 Å². The quantitative estimate of drug-likeness (QED) is 0.724. The predicted molar refractivity (Wildman–Crippen MR) is 91.2 cm³/mol. The lowest BCUT2D eigenvalue weighted by Gasteiger charge is -2.12. The summed E-state index contributed by atoms with van der Waals surface area (Å²) in [7, 11) is 0. The summed E-state index contributed by atoms with van der Waals surface area (Å²) in [5.74, 6) is 0.436. The summed E-state index contributed by atoms with van der Waals surface area (Å²) < 4.78 is 14.8. The van der Waals surface area contributed by atoms with Gasteiger partial charge in [-0.05, 0) is 48.4 Å². The summed E-state index contributed by atoms with van der Waals surface area (Å²) in [6, 6.07) is 13.0. The van der Waals surface area contributed by atoms with Gasteiger partial charge in [0.1, 0.15) is 5.82 Å². The maximum absolute atomic E-state index is 13.8. The standard InChI is InChI=1S/C17H19BrFNS/c1-12(2)10-20-11-13-9-14(18)7-8-16(13)21-17-6-4-3-5-15(17)19/h3-9,12,20H,10-11H2,1-2H3. The Labute approximate surface area is 138 Å². The molecule has 21 heavy (non-hydrogen) atoms. The smallest absolute Gasteiger partial charge is 0.137 e. The molecule has 2 rings (SSSR count). The highest BCUT2D eigenvalue weighted by molar-refractivity contribution is 9.10. The van der Waals surface area contributed by atoms with Gasteiger partial charge in [0.15, 0.2) is 0 Å². The van der Waals surface area contributed by atoms with Gasteiger partial charge in [-0.3, -0.25) is 0 Å². The van der Waals surface area contributed by atoms with Crippen molar-refractivity contribution in [1.29, 1.82) is 0 Å². The van der Waals surface area contributed by atoms with Gasteiger partial charge in [0.2, 0.25) is 0 Å². The van der Waals surface area contributed by atoms with Gasteiger partial charge in [0.05, 0.1) is 0 Å². The largest absolute Gasteiger partial charge is 0.312 e. The van der Waals surface area contributed by atoms with E-state index in [-0.39, 0.29) is 5.82 Å². The van der Waals surface area contributed by atoms with E-state index in [1.807, 2.05) is 24.3 Å².